The van der Waals surface area contributed by atoms with E-state index in [0.717, 1.165) is 28.9 Å². The van der Waals surface area contributed by atoms with Gasteiger partial charge in [-0.1, -0.05) is 49.4 Å². The van der Waals surface area contributed by atoms with Gasteiger partial charge in [-0.2, -0.15) is 0 Å². The summed E-state index contributed by atoms with van der Waals surface area (Å²) in [6, 6.07) is 18.1. The molecule has 1 aliphatic rings. The van der Waals surface area contributed by atoms with E-state index in [9.17, 15) is 4.79 Å². The zero-order chi connectivity index (χ0) is 17.6. The van der Waals surface area contributed by atoms with E-state index in [0.29, 0.717) is 25.0 Å². The maximum Gasteiger partial charge on any atom is 0.331 e. The molecule has 0 amide bonds. The van der Waals surface area contributed by atoms with Crippen molar-refractivity contribution in [2.24, 2.45) is 11.8 Å². The number of hydrogen-bond donors (Lipinski definition) is 0. The average molecular weight is 336 g/mol. The zero-order valence-corrected chi connectivity index (χ0v) is 14.8. The van der Waals surface area contributed by atoms with E-state index < -0.39 is 0 Å². The van der Waals surface area contributed by atoms with Crippen LogP contribution in [0.2, 0.25) is 0 Å². The molecular formula is C22H24O3. The average Bonchev–Trinajstić information content (AvgIpc) is 3.35. The summed E-state index contributed by atoms with van der Waals surface area (Å²) in [5, 5.41) is 0. The molecule has 25 heavy (non-hydrogen) atoms. The fraction of sp³-hybridized carbons (Fsp3) is 0.318. The zero-order valence-electron chi connectivity index (χ0n) is 14.8. The van der Waals surface area contributed by atoms with E-state index in [2.05, 4.69) is 6.92 Å². The Morgan fingerprint density at radius 2 is 1.92 bits per heavy atom. The van der Waals surface area contributed by atoms with Crippen LogP contribution < -0.4 is 4.74 Å². The van der Waals surface area contributed by atoms with Crippen LogP contribution in [0.3, 0.4) is 0 Å². The summed E-state index contributed by atoms with van der Waals surface area (Å²) >= 11 is 0. The number of carbonyl (C=O) groups excluding carboxylic acids is 1. The molecule has 130 valence electrons. The number of allylic oxidation sites excluding steroid dienone is 1. The molecule has 0 unspecified atom stereocenters. The SMILES string of the molecule is CCOC(=O)C=C(c1cccc(OCc2ccccc2)c1)[C@H]1C[C@@H]1C. The van der Waals surface area contributed by atoms with Crippen LogP contribution in [0, 0.1) is 11.8 Å². The second-order valence-corrected chi connectivity index (χ2v) is 6.47. The topological polar surface area (TPSA) is 35.5 Å². The van der Waals surface area contributed by atoms with Crippen LogP contribution in [-0.4, -0.2) is 12.6 Å². The first-order chi connectivity index (χ1) is 12.2. The van der Waals surface area contributed by atoms with Crippen LogP contribution >= 0.6 is 0 Å². The van der Waals surface area contributed by atoms with E-state index in [1.54, 1.807) is 6.08 Å². The van der Waals surface area contributed by atoms with Crippen molar-refractivity contribution < 1.29 is 14.3 Å². The number of esters is 1. The summed E-state index contributed by atoms with van der Waals surface area (Å²) in [6.45, 7) is 4.95. The van der Waals surface area contributed by atoms with Gasteiger partial charge in [-0.3, -0.25) is 0 Å². The van der Waals surface area contributed by atoms with Gasteiger partial charge in [0.1, 0.15) is 12.4 Å². The highest BCUT2D eigenvalue weighted by atomic mass is 16.5. The van der Waals surface area contributed by atoms with Gasteiger partial charge < -0.3 is 9.47 Å². The molecule has 3 nitrogen and oxygen atoms in total. The first-order valence-electron chi connectivity index (χ1n) is 8.83. The molecule has 2 aromatic carbocycles. The summed E-state index contributed by atoms with van der Waals surface area (Å²) in [4.78, 5) is 11.9. The predicted molar refractivity (Wildman–Crippen MR) is 99.1 cm³/mol. The van der Waals surface area contributed by atoms with Crippen molar-refractivity contribution in [1.29, 1.82) is 0 Å². The Hall–Kier alpha value is -2.55. The summed E-state index contributed by atoms with van der Waals surface area (Å²) < 4.78 is 11.0. The fourth-order valence-corrected chi connectivity index (χ4v) is 2.98. The second-order valence-electron chi connectivity index (χ2n) is 6.47. The Bertz CT molecular complexity index is 749. The Labute approximate surface area is 149 Å². The van der Waals surface area contributed by atoms with Crippen LogP contribution in [0.1, 0.15) is 31.4 Å². The van der Waals surface area contributed by atoms with Crippen LogP contribution in [-0.2, 0) is 16.1 Å². The quantitative estimate of drug-likeness (QED) is 0.534. The lowest BCUT2D eigenvalue weighted by molar-refractivity contribution is -0.137. The van der Waals surface area contributed by atoms with Gasteiger partial charge in [-0.05, 0) is 54.0 Å². The highest BCUT2D eigenvalue weighted by Gasteiger charge is 2.36. The van der Waals surface area contributed by atoms with Crippen molar-refractivity contribution in [3.63, 3.8) is 0 Å². The molecule has 0 heterocycles. The summed E-state index contributed by atoms with van der Waals surface area (Å²) in [5.74, 6) is 1.57. The molecule has 1 saturated carbocycles. The lowest BCUT2D eigenvalue weighted by Crippen LogP contribution is -2.02. The molecular weight excluding hydrogens is 312 g/mol. The molecule has 0 saturated heterocycles. The minimum absolute atomic E-state index is 0.271. The summed E-state index contributed by atoms with van der Waals surface area (Å²) in [5.41, 5.74) is 3.22. The van der Waals surface area contributed by atoms with Gasteiger partial charge in [0, 0.05) is 6.08 Å². The highest BCUT2D eigenvalue weighted by molar-refractivity contribution is 5.92. The molecule has 3 heteroatoms. The molecule has 0 spiro atoms. The minimum Gasteiger partial charge on any atom is -0.489 e. The standard InChI is InChI=1S/C22H24O3/c1-3-24-22(23)14-21(20-12-16(20)2)18-10-7-11-19(13-18)25-15-17-8-5-4-6-9-17/h4-11,13-14,16,20H,3,12,15H2,1-2H3/t16-,20-/m0/s1. The molecule has 0 aromatic heterocycles. The van der Waals surface area contributed by atoms with Gasteiger partial charge in [0.2, 0.25) is 0 Å². The maximum atomic E-state index is 11.9. The Balaban J connectivity index is 1.77. The van der Waals surface area contributed by atoms with Crippen molar-refractivity contribution in [3.8, 4) is 5.75 Å². The predicted octanol–water partition coefficient (Wildman–Crippen LogP) is 4.87. The van der Waals surface area contributed by atoms with Crippen LogP contribution in [0.25, 0.3) is 5.57 Å². The third-order valence-electron chi connectivity index (χ3n) is 4.48. The van der Waals surface area contributed by atoms with Crippen molar-refractivity contribution in [3.05, 3.63) is 71.8 Å². The monoisotopic (exact) mass is 336 g/mol. The molecule has 0 N–H and O–H groups in total. The Morgan fingerprint density at radius 1 is 1.16 bits per heavy atom. The summed E-state index contributed by atoms with van der Waals surface area (Å²) in [6.07, 6.45) is 2.76. The molecule has 1 aliphatic carbocycles. The van der Waals surface area contributed by atoms with E-state index in [4.69, 9.17) is 9.47 Å². The molecule has 0 bridgehead atoms. The highest BCUT2D eigenvalue weighted by Crippen LogP contribution is 2.48. The first-order valence-corrected chi connectivity index (χ1v) is 8.83. The maximum absolute atomic E-state index is 11.9. The molecule has 0 radical (unpaired) electrons. The number of rotatable bonds is 7. The number of benzene rings is 2. The van der Waals surface area contributed by atoms with Crippen molar-refractivity contribution >= 4 is 11.5 Å². The van der Waals surface area contributed by atoms with Crippen molar-refractivity contribution in [2.75, 3.05) is 6.61 Å². The largest absolute Gasteiger partial charge is 0.489 e. The van der Waals surface area contributed by atoms with Crippen molar-refractivity contribution in [1.82, 2.24) is 0 Å². The normalized spacial score (nSPS) is 19.4. The van der Waals surface area contributed by atoms with Crippen molar-refractivity contribution in [2.45, 2.75) is 26.9 Å². The van der Waals surface area contributed by atoms with Gasteiger partial charge in [0.05, 0.1) is 6.61 Å². The van der Waals surface area contributed by atoms with Gasteiger partial charge in [0.25, 0.3) is 0 Å². The lowest BCUT2D eigenvalue weighted by atomic mass is 9.99. The second kappa shape index (κ2) is 8.02. The third kappa shape index (κ3) is 4.72. The number of carbonyl (C=O) groups is 1. The number of hydrogen-bond acceptors (Lipinski definition) is 3. The van der Waals surface area contributed by atoms with Crippen LogP contribution in [0.5, 0.6) is 5.75 Å². The smallest absolute Gasteiger partial charge is 0.331 e. The Kier molecular flexibility index (Phi) is 5.54. The van der Waals surface area contributed by atoms with Gasteiger partial charge in [-0.25, -0.2) is 4.79 Å². The van der Waals surface area contributed by atoms with E-state index in [-0.39, 0.29) is 5.97 Å². The van der Waals surface area contributed by atoms with Crippen LogP contribution in [0.15, 0.2) is 60.7 Å². The molecule has 3 rings (SSSR count). The minimum atomic E-state index is -0.271. The molecule has 2 atom stereocenters. The molecule has 2 aromatic rings. The molecule has 1 fully saturated rings. The van der Waals surface area contributed by atoms with E-state index >= 15 is 0 Å². The first kappa shape index (κ1) is 17.3. The Morgan fingerprint density at radius 3 is 2.60 bits per heavy atom. The molecule has 0 aliphatic heterocycles. The summed E-state index contributed by atoms with van der Waals surface area (Å²) in [7, 11) is 0. The van der Waals surface area contributed by atoms with Gasteiger partial charge in [-0.15, -0.1) is 0 Å². The third-order valence-corrected chi connectivity index (χ3v) is 4.48. The van der Waals surface area contributed by atoms with E-state index in [1.165, 1.54) is 0 Å². The lowest BCUT2D eigenvalue weighted by Gasteiger charge is -2.11. The van der Waals surface area contributed by atoms with Gasteiger partial charge in [0.15, 0.2) is 0 Å². The fourth-order valence-electron chi connectivity index (χ4n) is 2.98. The van der Waals surface area contributed by atoms with Gasteiger partial charge >= 0.3 is 5.97 Å². The van der Waals surface area contributed by atoms with Crippen LogP contribution in [0.4, 0.5) is 0 Å². The number of ether oxygens (including phenoxy) is 2. The van der Waals surface area contributed by atoms with E-state index in [1.807, 2.05) is 61.5 Å².